The van der Waals surface area contributed by atoms with Gasteiger partial charge in [0.2, 0.25) is 0 Å². The number of pyridine rings is 1. The van der Waals surface area contributed by atoms with Crippen LogP contribution >= 0.6 is 0 Å². The van der Waals surface area contributed by atoms with E-state index in [0.29, 0.717) is 0 Å². The molecule has 0 atom stereocenters. The lowest BCUT2D eigenvalue weighted by Crippen LogP contribution is -2.02. The Hall–Kier alpha value is -3.59. The fourth-order valence-corrected chi connectivity index (χ4v) is 4.76. The van der Waals surface area contributed by atoms with E-state index < -0.39 is 0 Å². The number of aromatic nitrogens is 1. The summed E-state index contributed by atoms with van der Waals surface area (Å²) in [5.41, 5.74) is 3.17. The lowest BCUT2D eigenvalue weighted by atomic mass is 9.86. The molecule has 1 aromatic heterocycles. The van der Waals surface area contributed by atoms with E-state index in [-0.39, 0.29) is 0 Å². The standard InChI is InChI=1S/C18H16.C11H11NO2/c1-3-7-15-13(5-1)9-11-18-16-8-4-2-6-14(16)10-12-17(15)18;1-13-10-5-8-3-4-12-7-9(8)6-11(10)14-2/h1,3,5,7,9-12H,2,4,6,8H2;3-7H,1-2H3. The van der Waals surface area contributed by atoms with Gasteiger partial charge >= 0.3 is 0 Å². The van der Waals surface area contributed by atoms with Crippen molar-refractivity contribution >= 4 is 32.3 Å². The molecule has 0 spiro atoms. The monoisotopic (exact) mass is 421 g/mol. The molecule has 4 aromatic carbocycles. The molecule has 0 N–H and O–H groups in total. The summed E-state index contributed by atoms with van der Waals surface area (Å²) < 4.78 is 10.4. The van der Waals surface area contributed by atoms with Crippen molar-refractivity contribution in [2.45, 2.75) is 25.7 Å². The van der Waals surface area contributed by atoms with Crippen molar-refractivity contribution in [1.29, 1.82) is 0 Å². The molecule has 5 aromatic rings. The predicted octanol–water partition coefficient (Wildman–Crippen LogP) is 7.12. The molecule has 0 radical (unpaired) electrons. The first-order valence-electron chi connectivity index (χ1n) is 11.2. The van der Waals surface area contributed by atoms with Crippen LogP contribution in [0.3, 0.4) is 0 Å². The van der Waals surface area contributed by atoms with Gasteiger partial charge in [0.25, 0.3) is 0 Å². The quantitative estimate of drug-likeness (QED) is 0.284. The number of benzene rings is 4. The van der Waals surface area contributed by atoms with Crippen molar-refractivity contribution in [3.63, 3.8) is 0 Å². The van der Waals surface area contributed by atoms with E-state index in [1.807, 2.05) is 18.2 Å². The lowest BCUT2D eigenvalue weighted by molar-refractivity contribution is 0.356. The molecule has 1 aliphatic carbocycles. The minimum absolute atomic E-state index is 0.730. The largest absolute Gasteiger partial charge is 0.493 e. The van der Waals surface area contributed by atoms with Crippen LogP contribution in [-0.2, 0) is 12.8 Å². The zero-order valence-corrected chi connectivity index (χ0v) is 18.6. The summed E-state index contributed by atoms with van der Waals surface area (Å²) in [7, 11) is 3.25. The Morgan fingerprint density at radius 3 is 2.25 bits per heavy atom. The van der Waals surface area contributed by atoms with Crippen LogP contribution in [0.25, 0.3) is 32.3 Å². The molecular weight excluding hydrogens is 394 g/mol. The topological polar surface area (TPSA) is 31.4 Å². The zero-order chi connectivity index (χ0) is 21.9. The first kappa shape index (κ1) is 20.3. The van der Waals surface area contributed by atoms with Gasteiger partial charge in [-0.05, 0) is 81.9 Å². The second kappa shape index (κ2) is 8.88. The highest BCUT2D eigenvalue weighted by atomic mass is 16.5. The molecule has 3 nitrogen and oxygen atoms in total. The van der Waals surface area contributed by atoms with Crippen molar-refractivity contribution in [2.24, 2.45) is 0 Å². The molecule has 0 saturated carbocycles. The van der Waals surface area contributed by atoms with Crippen molar-refractivity contribution in [2.75, 3.05) is 14.2 Å². The molecule has 0 unspecified atom stereocenters. The number of fused-ring (bicyclic) bond motifs is 6. The summed E-state index contributed by atoms with van der Waals surface area (Å²) in [5.74, 6) is 1.47. The molecule has 160 valence electrons. The van der Waals surface area contributed by atoms with Crippen LogP contribution in [0.4, 0.5) is 0 Å². The number of methoxy groups -OCH3 is 2. The summed E-state index contributed by atoms with van der Waals surface area (Å²) in [6.45, 7) is 0. The Kier molecular flexibility index (Phi) is 5.64. The van der Waals surface area contributed by atoms with Crippen LogP contribution in [0.2, 0.25) is 0 Å². The molecule has 0 saturated heterocycles. The van der Waals surface area contributed by atoms with Crippen LogP contribution in [0.1, 0.15) is 24.0 Å². The van der Waals surface area contributed by atoms with Crippen molar-refractivity contribution in [3.05, 3.63) is 90.3 Å². The highest BCUT2D eigenvalue weighted by Crippen LogP contribution is 2.33. The van der Waals surface area contributed by atoms with Gasteiger partial charge in [0.15, 0.2) is 11.5 Å². The van der Waals surface area contributed by atoms with Gasteiger partial charge in [-0.25, -0.2) is 0 Å². The van der Waals surface area contributed by atoms with E-state index in [1.165, 1.54) is 47.2 Å². The molecule has 1 heterocycles. The summed E-state index contributed by atoms with van der Waals surface area (Å²) in [6, 6.07) is 23.8. The number of rotatable bonds is 2. The van der Waals surface area contributed by atoms with Gasteiger partial charge in [0.05, 0.1) is 14.2 Å². The maximum Gasteiger partial charge on any atom is 0.161 e. The maximum absolute atomic E-state index is 5.20. The Balaban J connectivity index is 0.000000140. The van der Waals surface area contributed by atoms with Gasteiger partial charge < -0.3 is 9.47 Å². The molecule has 0 bridgehead atoms. The second-order valence-corrected chi connectivity index (χ2v) is 8.22. The van der Waals surface area contributed by atoms with Gasteiger partial charge in [0, 0.05) is 17.8 Å². The molecule has 0 amide bonds. The third-order valence-corrected chi connectivity index (χ3v) is 6.40. The average molecular weight is 422 g/mol. The summed E-state index contributed by atoms with van der Waals surface area (Å²) in [5, 5.41) is 7.78. The Morgan fingerprint density at radius 2 is 1.41 bits per heavy atom. The molecule has 0 fully saturated rings. The fourth-order valence-electron chi connectivity index (χ4n) is 4.76. The maximum atomic E-state index is 5.20. The SMILES string of the molecule is COc1cc2ccncc2cc1OC.c1ccc2c(c1)ccc1c3c(ccc12)CCCC3. The third kappa shape index (κ3) is 3.75. The van der Waals surface area contributed by atoms with E-state index in [0.717, 1.165) is 22.3 Å². The van der Waals surface area contributed by atoms with Crippen molar-refractivity contribution in [3.8, 4) is 11.5 Å². The van der Waals surface area contributed by atoms with Crippen LogP contribution < -0.4 is 9.47 Å². The van der Waals surface area contributed by atoms with Crippen LogP contribution in [0, 0.1) is 0 Å². The average Bonchev–Trinajstić information content (AvgIpc) is 2.87. The first-order valence-corrected chi connectivity index (χ1v) is 11.2. The highest BCUT2D eigenvalue weighted by Gasteiger charge is 2.13. The van der Waals surface area contributed by atoms with Gasteiger partial charge in [-0.1, -0.05) is 48.5 Å². The van der Waals surface area contributed by atoms with Crippen LogP contribution in [-0.4, -0.2) is 19.2 Å². The number of ether oxygens (including phenoxy) is 2. The fraction of sp³-hybridized carbons (Fsp3) is 0.207. The minimum Gasteiger partial charge on any atom is -0.493 e. The number of hydrogen-bond donors (Lipinski definition) is 0. The number of hydrogen-bond acceptors (Lipinski definition) is 3. The van der Waals surface area contributed by atoms with E-state index in [2.05, 4.69) is 53.5 Å². The molecule has 1 aliphatic rings. The van der Waals surface area contributed by atoms with E-state index >= 15 is 0 Å². The smallest absolute Gasteiger partial charge is 0.161 e. The van der Waals surface area contributed by atoms with E-state index in [1.54, 1.807) is 37.7 Å². The molecule has 3 heteroatoms. The highest BCUT2D eigenvalue weighted by molar-refractivity contribution is 6.08. The zero-order valence-electron chi connectivity index (χ0n) is 18.6. The van der Waals surface area contributed by atoms with Gasteiger partial charge in [0.1, 0.15) is 0 Å². The van der Waals surface area contributed by atoms with E-state index in [4.69, 9.17) is 9.47 Å². The van der Waals surface area contributed by atoms with Crippen molar-refractivity contribution < 1.29 is 9.47 Å². The van der Waals surface area contributed by atoms with Crippen LogP contribution in [0.15, 0.2) is 79.1 Å². The van der Waals surface area contributed by atoms with Gasteiger partial charge in [-0.2, -0.15) is 0 Å². The lowest BCUT2D eigenvalue weighted by Gasteiger charge is -2.18. The molecular formula is C29H27NO2. The second-order valence-electron chi connectivity index (χ2n) is 8.22. The summed E-state index contributed by atoms with van der Waals surface area (Å²) in [6.07, 6.45) is 8.78. The Morgan fingerprint density at radius 1 is 0.656 bits per heavy atom. The van der Waals surface area contributed by atoms with Crippen LogP contribution in [0.5, 0.6) is 11.5 Å². The number of aryl methyl sites for hydroxylation is 2. The Bertz CT molecular complexity index is 1360. The first-order chi connectivity index (χ1) is 15.8. The minimum atomic E-state index is 0.730. The third-order valence-electron chi connectivity index (χ3n) is 6.40. The predicted molar refractivity (Wildman–Crippen MR) is 133 cm³/mol. The van der Waals surface area contributed by atoms with Gasteiger partial charge in [-0.3, -0.25) is 4.98 Å². The van der Waals surface area contributed by atoms with Gasteiger partial charge in [-0.15, -0.1) is 0 Å². The number of nitrogens with zero attached hydrogens (tertiary/aromatic N) is 1. The van der Waals surface area contributed by atoms with Crippen molar-refractivity contribution in [1.82, 2.24) is 4.98 Å². The van der Waals surface area contributed by atoms with E-state index in [9.17, 15) is 0 Å². The summed E-state index contributed by atoms with van der Waals surface area (Å²) in [4.78, 5) is 4.05. The molecule has 0 aliphatic heterocycles. The normalized spacial score (nSPS) is 12.8. The molecule has 6 rings (SSSR count). The summed E-state index contributed by atoms with van der Waals surface area (Å²) >= 11 is 0. The molecule has 32 heavy (non-hydrogen) atoms. The Labute approximate surface area is 188 Å².